The molecule has 2 aromatic rings. The Morgan fingerprint density at radius 3 is 2.53 bits per heavy atom. The van der Waals surface area contributed by atoms with Crippen molar-refractivity contribution >= 4 is 21.9 Å². The van der Waals surface area contributed by atoms with Crippen molar-refractivity contribution in [1.29, 1.82) is 0 Å². The quantitative estimate of drug-likeness (QED) is 0.909. The minimum absolute atomic E-state index is 0.117. The second kappa shape index (κ2) is 3.86. The summed E-state index contributed by atoms with van der Waals surface area (Å²) < 4.78 is 5.33. The van der Waals surface area contributed by atoms with Crippen molar-refractivity contribution in [2.24, 2.45) is 0 Å². The average molecular weight is 268 g/mol. The van der Waals surface area contributed by atoms with E-state index in [9.17, 15) is 4.79 Å². The van der Waals surface area contributed by atoms with Crippen LogP contribution in [0.3, 0.4) is 0 Å². The highest BCUT2D eigenvalue weighted by Crippen LogP contribution is 2.30. The molecule has 0 radical (unpaired) electrons. The molecule has 0 saturated carbocycles. The molecular weight excluding hydrogens is 262 g/mol. The van der Waals surface area contributed by atoms with E-state index in [4.69, 9.17) is 9.63 Å². The molecule has 0 spiro atoms. The smallest absolute Gasteiger partial charge is 0.359 e. The number of rotatable bonds is 2. The maximum absolute atomic E-state index is 10.7. The topological polar surface area (TPSA) is 63.3 Å². The summed E-state index contributed by atoms with van der Waals surface area (Å²) in [7, 11) is 0. The number of hydrogen-bond donors (Lipinski definition) is 1. The zero-order chi connectivity index (χ0) is 10.8. The van der Waals surface area contributed by atoms with Gasteiger partial charge in [0.05, 0.1) is 0 Å². The average Bonchev–Trinajstić information content (AvgIpc) is 2.61. The largest absolute Gasteiger partial charge is 0.476 e. The van der Waals surface area contributed by atoms with E-state index in [2.05, 4.69) is 21.1 Å². The molecule has 0 aliphatic heterocycles. The van der Waals surface area contributed by atoms with Crippen molar-refractivity contribution in [2.75, 3.05) is 0 Å². The molecule has 4 nitrogen and oxygen atoms in total. The van der Waals surface area contributed by atoms with Crippen molar-refractivity contribution < 1.29 is 14.4 Å². The maximum Gasteiger partial charge on any atom is 0.359 e. The molecule has 0 saturated heterocycles. The highest BCUT2D eigenvalue weighted by molar-refractivity contribution is 9.10. The van der Waals surface area contributed by atoms with Crippen molar-refractivity contribution in [2.45, 2.75) is 0 Å². The van der Waals surface area contributed by atoms with Gasteiger partial charge in [-0.3, -0.25) is 0 Å². The lowest BCUT2D eigenvalue weighted by Gasteiger charge is -1.94. The van der Waals surface area contributed by atoms with Gasteiger partial charge in [0.1, 0.15) is 4.47 Å². The van der Waals surface area contributed by atoms with Gasteiger partial charge in [-0.1, -0.05) is 35.5 Å². The van der Waals surface area contributed by atoms with Gasteiger partial charge in [0.25, 0.3) is 0 Å². The number of aromatic nitrogens is 1. The molecule has 0 bridgehead atoms. The van der Waals surface area contributed by atoms with E-state index in [1.54, 1.807) is 0 Å². The summed E-state index contributed by atoms with van der Waals surface area (Å²) in [6, 6.07) is 9.18. The third kappa shape index (κ3) is 1.78. The molecule has 1 aromatic heterocycles. The molecule has 0 aliphatic rings. The standard InChI is InChI=1S/C10H6BrNO3/c11-7-8(10(13)14)12-15-9(7)6-4-2-1-3-5-6/h1-5H,(H,13,14). The number of carbonyl (C=O) groups is 1. The molecular formula is C10H6BrNO3. The zero-order valence-electron chi connectivity index (χ0n) is 7.48. The Kier molecular flexibility index (Phi) is 2.55. The third-order valence-electron chi connectivity index (χ3n) is 1.87. The Morgan fingerprint density at radius 2 is 2.00 bits per heavy atom. The van der Waals surface area contributed by atoms with Gasteiger partial charge in [0.15, 0.2) is 5.76 Å². The van der Waals surface area contributed by atoms with Crippen LogP contribution in [0.15, 0.2) is 39.3 Å². The Morgan fingerprint density at radius 1 is 1.33 bits per heavy atom. The molecule has 0 fully saturated rings. The molecule has 1 aromatic carbocycles. The van der Waals surface area contributed by atoms with Crippen LogP contribution in [0.2, 0.25) is 0 Å². The van der Waals surface area contributed by atoms with E-state index in [0.717, 1.165) is 5.56 Å². The van der Waals surface area contributed by atoms with Crippen LogP contribution in [0.5, 0.6) is 0 Å². The summed E-state index contributed by atoms with van der Waals surface area (Å²) in [5, 5.41) is 12.2. The molecule has 0 atom stereocenters. The first-order valence-electron chi connectivity index (χ1n) is 4.14. The van der Waals surface area contributed by atoms with Crippen molar-refractivity contribution in [3.05, 3.63) is 40.5 Å². The van der Waals surface area contributed by atoms with Crippen LogP contribution in [-0.2, 0) is 0 Å². The van der Waals surface area contributed by atoms with E-state index < -0.39 is 5.97 Å². The van der Waals surface area contributed by atoms with Crippen LogP contribution in [0.4, 0.5) is 0 Å². The Bertz CT molecular complexity index is 493. The van der Waals surface area contributed by atoms with E-state index in [-0.39, 0.29) is 5.69 Å². The molecule has 1 N–H and O–H groups in total. The SMILES string of the molecule is O=C(O)c1noc(-c2ccccc2)c1Br. The zero-order valence-corrected chi connectivity index (χ0v) is 9.06. The molecule has 15 heavy (non-hydrogen) atoms. The highest BCUT2D eigenvalue weighted by Gasteiger charge is 2.19. The number of benzene rings is 1. The Hall–Kier alpha value is -1.62. The van der Waals surface area contributed by atoms with Crippen molar-refractivity contribution in [3.63, 3.8) is 0 Å². The normalized spacial score (nSPS) is 10.2. The van der Waals surface area contributed by atoms with Gasteiger partial charge in [0, 0.05) is 5.56 Å². The van der Waals surface area contributed by atoms with Gasteiger partial charge in [0.2, 0.25) is 5.69 Å². The minimum atomic E-state index is -1.12. The van der Waals surface area contributed by atoms with Crippen molar-refractivity contribution in [3.8, 4) is 11.3 Å². The molecule has 0 unspecified atom stereocenters. The highest BCUT2D eigenvalue weighted by atomic mass is 79.9. The lowest BCUT2D eigenvalue weighted by atomic mass is 10.2. The number of carboxylic acid groups (broad SMARTS) is 1. The molecule has 76 valence electrons. The number of nitrogens with zero attached hydrogens (tertiary/aromatic N) is 1. The van der Waals surface area contributed by atoms with E-state index >= 15 is 0 Å². The van der Waals surface area contributed by atoms with Crippen LogP contribution in [-0.4, -0.2) is 16.2 Å². The number of aromatic carboxylic acids is 1. The Labute approximate surface area is 93.6 Å². The summed E-state index contributed by atoms with van der Waals surface area (Å²) in [4.78, 5) is 10.7. The lowest BCUT2D eigenvalue weighted by molar-refractivity contribution is 0.0685. The van der Waals surface area contributed by atoms with E-state index in [1.807, 2.05) is 30.3 Å². The van der Waals surface area contributed by atoms with E-state index in [0.29, 0.717) is 10.2 Å². The fraction of sp³-hybridized carbons (Fsp3) is 0. The minimum Gasteiger partial charge on any atom is -0.476 e. The second-order valence-electron chi connectivity index (χ2n) is 2.85. The first-order chi connectivity index (χ1) is 7.20. The molecule has 1 heterocycles. The number of hydrogen-bond acceptors (Lipinski definition) is 3. The van der Waals surface area contributed by atoms with Gasteiger partial charge in [-0.05, 0) is 15.9 Å². The predicted octanol–water partition coefficient (Wildman–Crippen LogP) is 2.80. The van der Waals surface area contributed by atoms with Crippen LogP contribution in [0.1, 0.15) is 10.5 Å². The summed E-state index contributed by atoms with van der Waals surface area (Å²) in [5.74, 6) is -0.694. The van der Waals surface area contributed by atoms with Gasteiger partial charge < -0.3 is 9.63 Å². The monoisotopic (exact) mass is 267 g/mol. The van der Waals surface area contributed by atoms with Crippen LogP contribution >= 0.6 is 15.9 Å². The first kappa shape index (κ1) is 9.92. The third-order valence-corrected chi connectivity index (χ3v) is 2.61. The van der Waals surface area contributed by atoms with Gasteiger partial charge in [-0.25, -0.2) is 4.79 Å². The number of carboxylic acids is 1. The molecule has 0 amide bonds. The van der Waals surface area contributed by atoms with Crippen LogP contribution in [0.25, 0.3) is 11.3 Å². The van der Waals surface area contributed by atoms with Gasteiger partial charge in [-0.2, -0.15) is 0 Å². The lowest BCUT2D eigenvalue weighted by Crippen LogP contribution is -1.96. The molecule has 2 rings (SSSR count). The predicted molar refractivity (Wildman–Crippen MR) is 56.6 cm³/mol. The van der Waals surface area contributed by atoms with Crippen molar-refractivity contribution in [1.82, 2.24) is 5.16 Å². The van der Waals surface area contributed by atoms with Gasteiger partial charge in [-0.15, -0.1) is 0 Å². The number of halogens is 1. The van der Waals surface area contributed by atoms with Gasteiger partial charge >= 0.3 is 5.97 Å². The fourth-order valence-corrected chi connectivity index (χ4v) is 1.72. The molecule has 5 heteroatoms. The summed E-state index contributed by atoms with van der Waals surface area (Å²) in [6.07, 6.45) is 0. The van der Waals surface area contributed by atoms with E-state index in [1.165, 1.54) is 0 Å². The summed E-state index contributed by atoms with van der Waals surface area (Å²) in [5.41, 5.74) is 0.665. The second-order valence-corrected chi connectivity index (χ2v) is 3.64. The fourth-order valence-electron chi connectivity index (χ4n) is 1.18. The first-order valence-corrected chi connectivity index (χ1v) is 4.93. The molecule has 0 aliphatic carbocycles. The van der Waals surface area contributed by atoms with Crippen LogP contribution < -0.4 is 0 Å². The van der Waals surface area contributed by atoms with Crippen LogP contribution in [0, 0.1) is 0 Å². The summed E-state index contributed by atoms with van der Waals surface area (Å²) in [6.45, 7) is 0. The summed E-state index contributed by atoms with van der Waals surface area (Å²) >= 11 is 3.15. The Balaban J connectivity index is 2.52. The maximum atomic E-state index is 10.7.